The van der Waals surface area contributed by atoms with E-state index in [1.807, 2.05) is 12.1 Å². The summed E-state index contributed by atoms with van der Waals surface area (Å²) in [4.78, 5) is 28.0. The second kappa shape index (κ2) is 6.43. The third kappa shape index (κ3) is 3.53. The highest BCUT2D eigenvalue weighted by atomic mass is 16.5. The van der Waals surface area contributed by atoms with Gasteiger partial charge in [0.1, 0.15) is 11.3 Å². The number of carbonyl (C=O) groups is 2. The summed E-state index contributed by atoms with van der Waals surface area (Å²) in [5.41, 5.74) is 0.414. The SMILES string of the molecule is COc1ccc(CN(CCN2C(=O)NC(C)(C)C2=O)C2CC2)cc1. The minimum absolute atomic E-state index is 0.146. The molecule has 0 unspecified atom stereocenters. The molecule has 0 bridgehead atoms. The van der Waals surface area contributed by atoms with Crippen LogP contribution in [0.15, 0.2) is 24.3 Å². The predicted molar refractivity (Wildman–Crippen MR) is 90.7 cm³/mol. The van der Waals surface area contributed by atoms with Gasteiger partial charge in [-0.15, -0.1) is 0 Å². The molecule has 3 amide bonds. The number of benzene rings is 1. The first-order chi connectivity index (χ1) is 11.4. The first kappa shape index (κ1) is 16.8. The van der Waals surface area contributed by atoms with E-state index >= 15 is 0 Å². The molecule has 0 aromatic heterocycles. The van der Waals surface area contributed by atoms with Crippen molar-refractivity contribution < 1.29 is 14.3 Å². The first-order valence-corrected chi connectivity index (χ1v) is 8.42. The summed E-state index contributed by atoms with van der Waals surface area (Å²) in [6, 6.07) is 8.31. The van der Waals surface area contributed by atoms with Crippen molar-refractivity contribution in [2.24, 2.45) is 0 Å². The maximum absolute atomic E-state index is 12.3. The fourth-order valence-electron chi connectivity index (χ4n) is 3.05. The van der Waals surface area contributed by atoms with Gasteiger partial charge in [0.05, 0.1) is 7.11 Å². The maximum Gasteiger partial charge on any atom is 0.325 e. The highest BCUT2D eigenvalue weighted by Gasteiger charge is 2.44. The Morgan fingerprint density at radius 1 is 1.25 bits per heavy atom. The number of hydrogen-bond acceptors (Lipinski definition) is 4. The van der Waals surface area contributed by atoms with Crippen LogP contribution in [-0.2, 0) is 11.3 Å². The maximum atomic E-state index is 12.3. The Bertz CT molecular complexity index is 623. The molecule has 1 N–H and O–H groups in total. The minimum atomic E-state index is -0.794. The molecule has 0 atom stereocenters. The third-order valence-electron chi connectivity index (χ3n) is 4.66. The van der Waals surface area contributed by atoms with Crippen LogP contribution >= 0.6 is 0 Å². The molecular formula is C18H25N3O3. The number of rotatable bonds is 7. The van der Waals surface area contributed by atoms with E-state index in [0.29, 0.717) is 19.1 Å². The number of amides is 3. The Kier molecular flexibility index (Phi) is 4.49. The summed E-state index contributed by atoms with van der Waals surface area (Å²) in [6.07, 6.45) is 2.36. The van der Waals surface area contributed by atoms with Gasteiger partial charge in [0.25, 0.3) is 5.91 Å². The molecule has 0 spiro atoms. The summed E-state index contributed by atoms with van der Waals surface area (Å²) in [6.45, 7) is 5.43. The molecule has 1 aliphatic heterocycles. The molecule has 6 nitrogen and oxygen atoms in total. The molecule has 1 aliphatic carbocycles. The van der Waals surface area contributed by atoms with Crippen molar-refractivity contribution in [3.63, 3.8) is 0 Å². The molecule has 1 saturated carbocycles. The average molecular weight is 331 g/mol. The molecule has 0 radical (unpaired) electrons. The molecule has 2 aliphatic rings. The zero-order valence-corrected chi connectivity index (χ0v) is 14.5. The number of imide groups is 1. The predicted octanol–water partition coefficient (Wildman–Crippen LogP) is 1.99. The number of hydrogen-bond donors (Lipinski definition) is 1. The van der Waals surface area contributed by atoms with Crippen LogP contribution in [0.1, 0.15) is 32.3 Å². The minimum Gasteiger partial charge on any atom is -0.497 e. The van der Waals surface area contributed by atoms with Crippen LogP contribution in [-0.4, -0.2) is 53.5 Å². The topological polar surface area (TPSA) is 61.9 Å². The van der Waals surface area contributed by atoms with Crippen LogP contribution in [0.3, 0.4) is 0 Å². The lowest BCUT2D eigenvalue weighted by atomic mass is 10.1. The van der Waals surface area contributed by atoms with Crippen molar-refractivity contribution in [2.75, 3.05) is 20.2 Å². The summed E-state index contributed by atoms with van der Waals surface area (Å²) >= 11 is 0. The lowest BCUT2D eigenvalue weighted by molar-refractivity contribution is -0.130. The Morgan fingerprint density at radius 3 is 2.42 bits per heavy atom. The van der Waals surface area contributed by atoms with Crippen LogP contribution in [0.4, 0.5) is 4.79 Å². The van der Waals surface area contributed by atoms with Crippen LogP contribution in [0, 0.1) is 0 Å². The van der Waals surface area contributed by atoms with Gasteiger partial charge in [-0.3, -0.25) is 14.6 Å². The van der Waals surface area contributed by atoms with Gasteiger partial charge in [-0.05, 0) is 44.4 Å². The Labute approximate surface area is 142 Å². The summed E-state index contributed by atoms with van der Waals surface area (Å²) in [7, 11) is 1.66. The normalized spacial score (nSPS) is 19.8. The van der Waals surface area contributed by atoms with E-state index in [-0.39, 0.29) is 11.9 Å². The molecule has 1 aromatic carbocycles. The molecular weight excluding hydrogens is 306 g/mol. The monoisotopic (exact) mass is 331 g/mol. The van der Waals surface area contributed by atoms with E-state index < -0.39 is 5.54 Å². The molecule has 2 fully saturated rings. The van der Waals surface area contributed by atoms with Crippen LogP contribution in [0.5, 0.6) is 5.75 Å². The fraction of sp³-hybridized carbons (Fsp3) is 0.556. The highest BCUT2D eigenvalue weighted by molar-refractivity contribution is 6.06. The fourth-order valence-corrected chi connectivity index (χ4v) is 3.05. The van der Waals surface area contributed by atoms with Gasteiger partial charge in [-0.1, -0.05) is 12.1 Å². The van der Waals surface area contributed by atoms with Crippen molar-refractivity contribution in [1.29, 1.82) is 0 Å². The second-order valence-electron chi connectivity index (χ2n) is 7.06. The quantitative estimate of drug-likeness (QED) is 0.776. The Balaban J connectivity index is 1.60. The van der Waals surface area contributed by atoms with Gasteiger partial charge >= 0.3 is 6.03 Å². The van der Waals surface area contributed by atoms with E-state index in [4.69, 9.17) is 4.74 Å². The molecule has 130 valence electrons. The highest BCUT2D eigenvalue weighted by Crippen LogP contribution is 2.29. The van der Waals surface area contributed by atoms with E-state index in [1.165, 1.54) is 23.3 Å². The van der Waals surface area contributed by atoms with Crippen molar-refractivity contribution >= 4 is 11.9 Å². The zero-order valence-electron chi connectivity index (χ0n) is 14.5. The number of nitrogens with one attached hydrogen (secondary N) is 1. The second-order valence-corrected chi connectivity index (χ2v) is 7.06. The smallest absolute Gasteiger partial charge is 0.325 e. The molecule has 24 heavy (non-hydrogen) atoms. The van der Waals surface area contributed by atoms with Gasteiger partial charge in [-0.25, -0.2) is 4.79 Å². The van der Waals surface area contributed by atoms with Gasteiger partial charge in [0.15, 0.2) is 0 Å². The van der Waals surface area contributed by atoms with E-state index in [0.717, 1.165) is 12.3 Å². The average Bonchev–Trinajstić information content (AvgIpc) is 3.35. The van der Waals surface area contributed by atoms with Crippen molar-refractivity contribution in [3.05, 3.63) is 29.8 Å². The van der Waals surface area contributed by atoms with Gasteiger partial charge in [0, 0.05) is 25.7 Å². The van der Waals surface area contributed by atoms with Crippen LogP contribution < -0.4 is 10.1 Å². The van der Waals surface area contributed by atoms with E-state index in [1.54, 1.807) is 21.0 Å². The Hall–Kier alpha value is -2.08. The number of carbonyl (C=O) groups excluding carboxylic acids is 2. The van der Waals surface area contributed by atoms with Crippen molar-refractivity contribution in [1.82, 2.24) is 15.1 Å². The van der Waals surface area contributed by atoms with Crippen LogP contribution in [0.25, 0.3) is 0 Å². The van der Waals surface area contributed by atoms with Gasteiger partial charge in [0.2, 0.25) is 0 Å². The summed E-state index contributed by atoms with van der Waals surface area (Å²) in [5, 5.41) is 2.73. The lowest BCUT2D eigenvalue weighted by Crippen LogP contribution is -2.42. The third-order valence-corrected chi connectivity index (χ3v) is 4.66. The zero-order chi connectivity index (χ0) is 17.3. The summed E-state index contributed by atoms with van der Waals surface area (Å²) in [5.74, 6) is 0.700. The molecule has 6 heteroatoms. The van der Waals surface area contributed by atoms with Gasteiger partial charge in [-0.2, -0.15) is 0 Å². The van der Waals surface area contributed by atoms with E-state index in [9.17, 15) is 9.59 Å². The largest absolute Gasteiger partial charge is 0.497 e. The molecule has 3 rings (SSSR count). The molecule has 1 aromatic rings. The molecule has 1 saturated heterocycles. The van der Waals surface area contributed by atoms with Gasteiger partial charge < -0.3 is 10.1 Å². The number of urea groups is 1. The molecule has 1 heterocycles. The summed E-state index contributed by atoms with van der Waals surface area (Å²) < 4.78 is 5.19. The number of nitrogens with zero attached hydrogens (tertiary/aromatic N) is 2. The Morgan fingerprint density at radius 2 is 1.92 bits per heavy atom. The number of ether oxygens (including phenoxy) is 1. The first-order valence-electron chi connectivity index (χ1n) is 8.42. The van der Waals surface area contributed by atoms with Crippen LogP contribution in [0.2, 0.25) is 0 Å². The standard InChI is InChI=1S/C18H25N3O3/c1-18(2)16(22)21(17(23)19-18)11-10-20(14-6-7-14)12-13-4-8-15(24-3)9-5-13/h4-5,8-9,14H,6-7,10-12H2,1-3H3,(H,19,23). The van der Waals surface area contributed by atoms with Crippen molar-refractivity contribution in [3.8, 4) is 5.75 Å². The lowest BCUT2D eigenvalue weighted by Gasteiger charge is -2.24. The van der Waals surface area contributed by atoms with E-state index in [2.05, 4.69) is 22.3 Å². The number of methoxy groups -OCH3 is 1. The van der Waals surface area contributed by atoms with Crippen molar-refractivity contribution in [2.45, 2.75) is 44.8 Å².